The van der Waals surface area contributed by atoms with Gasteiger partial charge in [0.1, 0.15) is 5.60 Å². The molecule has 4 heteroatoms. The number of nitrogens with one attached hydrogen (secondary N) is 1. The summed E-state index contributed by atoms with van der Waals surface area (Å²) >= 11 is 0. The fourth-order valence-corrected chi connectivity index (χ4v) is 1.45. The highest BCUT2D eigenvalue weighted by Gasteiger charge is 2.32. The van der Waals surface area contributed by atoms with E-state index < -0.39 is 5.60 Å². The van der Waals surface area contributed by atoms with Crippen LogP contribution in [0.3, 0.4) is 0 Å². The average Bonchev–Trinajstić information content (AvgIpc) is 2.60. The van der Waals surface area contributed by atoms with Crippen molar-refractivity contribution in [3.8, 4) is 0 Å². The minimum absolute atomic E-state index is 0.277. The third-order valence-corrected chi connectivity index (χ3v) is 2.43. The van der Waals surface area contributed by atoms with E-state index in [0.29, 0.717) is 26.4 Å². The highest BCUT2D eigenvalue weighted by atomic mass is 16.5. The van der Waals surface area contributed by atoms with E-state index in [1.807, 2.05) is 6.92 Å². The van der Waals surface area contributed by atoms with E-state index in [-0.39, 0.29) is 6.04 Å². The number of ether oxygens (including phenoxy) is 2. The Morgan fingerprint density at radius 1 is 1.64 bits per heavy atom. The Hall–Kier alpha value is -0.160. The van der Waals surface area contributed by atoms with Crippen molar-refractivity contribution >= 4 is 0 Å². The molecule has 1 heterocycles. The molecule has 1 fully saturated rings. The number of hydrogen-bond acceptors (Lipinski definition) is 4. The Morgan fingerprint density at radius 3 is 3.00 bits per heavy atom. The van der Waals surface area contributed by atoms with Gasteiger partial charge in [0.05, 0.1) is 13.2 Å². The molecule has 0 amide bonds. The first-order valence-corrected chi connectivity index (χ1v) is 5.27. The molecule has 1 aliphatic heterocycles. The first-order valence-electron chi connectivity index (χ1n) is 5.27. The van der Waals surface area contributed by atoms with Crippen molar-refractivity contribution in [3.05, 3.63) is 0 Å². The van der Waals surface area contributed by atoms with Crippen molar-refractivity contribution in [1.29, 1.82) is 0 Å². The zero-order chi connectivity index (χ0) is 10.4. The second-order valence-corrected chi connectivity index (χ2v) is 3.97. The van der Waals surface area contributed by atoms with Crippen LogP contribution in [0.1, 0.15) is 20.3 Å². The molecule has 0 radical (unpaired) electrons. The summed E-state index contributed by atoms with van der Waals surface area (Å²) in [6, 6.07) is 0.277. The monoisotopic (exact) mass is 203 g/mol. The summed E-state index contributed by atoms with van der Waals surface area (Å²) in [4.78, 5) is 0. The predicted octanol–water partition coefficient (Wildman–Crippen LogP) is 0.152. The van der Waals surface area contributed by atoms with Crippen LogP contribution in [0.5, 0.6) is 0 Å². The maximum Gasteiger partial charge on any atom is 0.102 e. The lowest BCUT2D eigenvalue weighted by Crippen LogP contribution is -2.45. The second-order valence-electron chi connectivity index (χ2n) is 3.97. The van der Waals surface area contributed by atoms with Crippen LogP contribution >= 0.6 is 0 Å². The molecule has 0 aromatic heterocycles. The van der Waals surface area contributed by atoms with Crippen molar-refractivity contribution in [2.75, 3.05) is 33.0 Å². The van der Waals surface area contributed by atoms with Gasteiger partial charge in [-0.2, -0.15) is 0 Å². The van der Waals surface area contributed by atoms with Gasteiger partial charge in [0.2, 0.25) is 0 Å². The van der Waals surface area contributed by atoms with Crippen LogP contribution in [-0.4, -0.2) is 49.7 Å². The first kappa shape index (κ1) is 11.9. The van der Waals surface area contributed by atoms with Gasteiger partial charge in [0.15, 0.2) is 0 Å². The molecule has 0 bridgehead atoms. The van der Waals surface area contributed by atoms with Crippen LogP contribution in [-0.2, 0) is 9.47 Å². The summed E-state index contributed by atoms with van der Waals surface area (Å²) in [5.74, 6) is 0. The Balaban J connectivity index is 2.12. The molecule has 1 rings (SSSR count). The normalized spacial score (nSPS) is 29.4. The molecular weight excluding hydrogens is 182 g/mol. The zero-order valence-corrected chi connectivity index (χ0v) is 9.08. The summed E-state index contributed by atoms with van der Waals surface area (Å²) in [5, 5.41) is 13.2. The van der Waals surface area contributed by atoms with Gasteiger partial charge >= 0.3 is 0 Å². The van der Waals surface area contributed by atoms with E-state index in [4.69, 9.17) is 9.47 Å². The van der Waals surface area contributed by atoms with Crippen LogP contribution in [0.2, 0.25) is 0 Å². The van der Waals surface area contributed by atoms with Gasteiger partial charge in [0, 0.05) is 32.2 Å². The minimum Gasteiger partial charge on any atom is -0.386 e. The van der Waals surface area contributed by atoms with Gasteiger partial charge in [-0.25, -0.2) is 0 Å². The third kappa shape index (κ3) is 3.92. The molecule has 2 unspecified atom stereocenters. The molecule has 4 nitrogen and oxygen atoms in total. The van der Waals surface area contributed by atoms with Gasteiger partial charge in [-0.15, -0.1) is 0 Å². The summed E-state index contributed by atoms with van der Waals surface area (Å²) in [6.07, 6.45) is 0.724. The quantitative estimate of drug-likeness (QED) is 0.645. The van der Waals surface area contributed by atoms with Crippen molar-refractivity contribution < 1.29 is 14.6 Å². The van der Waals surface area contributed by atoms with Gasteiger partial charge in [-0.05, 0) is 13.8 Å². The first-order chi connectivity index (χ1) is 6.66. The molecule has 84 valence electrons. The SMILES string of the molecule is CCOCC(C)NCC1(O)CCOC1. The lowest BCUT2D eigenvalue weighted by Gasteiger charge is -2.23. The Labute approximate surface area is 85.6 Å². The summed E-state index contributed by atoms with van der Waals surface area (Å²) < 4.78 is 10.4. The standard InChI is InChI=1S/C10H21NO3/c1-3-13-6-9(2)11-7-10(12)4-5-14-8-10/h9,11-12H,3-8H2,1-2H3. The van der Waals surface area contributed by atoms with Crippen LogP contribution < -0.4 is 5.32 Å². The molecule has 0 aromatic carbocycles. The molecule has 0 saturated carbocycles. The Morgan fingerprint density at radius 2 is 2.43 bits per heavy atom. The highest BCUT2D eigenvalue weighted by molar-refractivity contribution is 4.85. The molecule has 0 aliphatic carbocycles. The fraction of sp³-hybridized carbons (Fsp3) is 1.00. The Bertz CT molecular complexity index is 157. The fourth-order valence-electron chi connectivity index (χ4n) is 1.45. The summed E-state index contributed by atoms with van der Waals surface area (Å²) in [7, 11) is 0. The Kier molecular flexibility index (Phi) is 4.81. The van der Waals surface area contributed by atoms with Gasteiger partial charge in [-0.3, -0.25) is 0 Å². The molecular formula is C10H21NO3. The second kappa shape index (κ2) is 5.66. The molecule has 2 atom stereocenters. The third-order valence-electron chi connectivity index (χ3n) is 2.43. The maximum absolute atomic E-state index is 9.94. The minimum atomic E-state index is -0.666. The average molecular weight is 203 g/mol. The highest BCUT2D eigenvalue weighted by Crippen LogP contribution is 2.16. The van der Waals surface area contributed by atoms with Crippen molar-refractivity contribution in [1.82, 2.24) is 5.32 Å². The van der Waals surface area contributed by atoms with E-state index in [1.54, 1.807) is 0 Å². The van der Waals surface area contributed by atoms with E-state index >= 15 is 0 Å². The molecule has 1 saturated heterocycles. The largest absolute Gasteiger partial charge is 0.386 e. The number of aliphatic hydroxyl groups is 1. The van der Waals surface area contributed by atoms with Gasteiger partial charge in [-0.1, -0.05) is 0 Å². The van der Waals surface area contributed by atoms with E-state index in [1.165, 1.54) is 0 Å². The van der Waals surface area contributed by atoms with Crippen LogP contribution in [0.4, 0.5) is 0 Å². The van der Waals surface area contributed by atoms with E-state index in [2.05, 4.69) is 12.2 Å². The van der Waals surface area contributed by atoms with Crippen LogP contribution in [0, 0.1) is 0 Å². The molecule has 0 spiro atoms. The van der Waals surface area contributed by atoms with E-state index in [0.717, 1.165) is 13.0 Å². The van der Waals surface area contributed by atoms with Crippen molar-refractivity contribution in [3.63, 3.8) is 0 Å². The van der Waals surface area contributed by atoms with E-state index in [9.17, 15) is 5.11 Å². The molecule has 14 heavy (non-hydrogen) atoms. The molecule has 1 aliphatic rings. The molecule has 2 N–H and O–H groups in total. The smallest absolute Gasteiger partial charge is 0.102 e. The van der Waals surface area contributed by atoms with Crippen molar-refractivity contribution in [2.24, 2.45) is 0 Å². The summed E-state index contributed by atoms with van der Waals surface area (Å²) in [6.45, 7) is 7.15. The van der Waals surface area contributed by atoms with Gasteiger partial charge in [0.25, 0.3) is 0 Å². The number of rotatable bonds is 6. The van der Waals surface area contributed by atoms with Crippen LogP contribution in [0.15, 0.2) is 0 Å². The summed E-state index contributed by atoms with van der Waals surface area (Å²) in [5.41, 5.74) is -0.666. The number of hydrogen-bond donors (Lipinski definition) is 2. The van der Waals surface area contributed by atoms with Crippen molar-refractivity contribution in [2.45, 2.75) is 31.9 Å². The van der Waals surface area contributed by atoms with Crippen LogP contribution in [0.25, 0.3) is 0 Å². The lowest BCUT2D eigenvalue weighted by atomic mass is 10.0. The predicted molar refractivity (Wildman–Crippen MR) is 54.3 cm³/mol. The topological polar surface area (TPSA) is 50.7 Å². The maximum atomic E-state index is 9.94. The molecule has 0 aromatic rings. The lowest BCUT2D eigenvalue weighted by molar-refractivity contribution is 0.0216. The van der Waals surface area contributed by atoms with Gasteiger partial charge < -0.3 is 19.9 Å². The zero-order valence-electron chi connectivity index (χ0n) is 9.08.